The van der Waals surface area contributed by atoms with E-state index in [2.05, 4.69) is 5.32 Å². The van der Waals surface area contributed by atoms with Gasteiger partial charge in [-0.1, -0.05) is 0 Å². The van der Waals surface area contributed by atoms with Crippen LogP contribution in [0.25, 0.3) is 0 Å². The molecule has 0 aliphatic carbocycles. The van der Waals surface area contributed by atoms with Gasteiger partial charge in [0.15, 0.2) is 9.84 Å². The van der Waals surface area contributed by atoms with Crippen molar-refractivity contribution in [1.29, 1.82) is 0 Å². The molecule has 1 atom stereocenters. The van der Waals surface area contributed by atoms with Gasteiger partial charge in [0.25, 0.3) is 5.91 Å². The fourth-order valence-electron chi connectivity index (χ4n) is 1.89. The standard InChI is InChI=1S/C12H18N2O6S/c1-7(8(2)11(16)17)10(15)14-12(18)13-9-4-3-5-21(19,20)6-9/h9H,3-6H2,1-2H3,(H,16,17)(H2,13,14,15,18). The van der Waals surface area contributed by atoms with E-state index >= 15 is 0 Å². The van der Waals surface area contributed by atoms with Gasteiger partial charge >= 0.3 is 12.0 Å². The zero-order valence-corrected chi connectivity index (χ0v) is 12.6. The predicted octanol–water partition coefficient (Wildman–Crippen LogP) is -0.190. The number of carbonyl (C=O) groups excluding carboxylic acids is 2. The van der Waals surface area contributed by atoms with Crippen LogP contribution in [-0.2, 0) is 19.4 Å². The molecule has 1 saturated heterocycles. The first-order chi connectivity index (χ1) is 9.62. The summed E-state index contributed by atoms with van der Waals surface area (Å²) in [5.74, 6) is -2.13. The molecule has 0 saturated carbocycles. The summed E-state index contributed by atoms with van der Waals surface area (Å²) < 4.78 is 22.9. The third-order valence-electron chi connectivity index (χ3n) is 3.25. The molecule has 1 unspecified atom stereocenters. The number of sulfone groups is 1. The first-order valence-electron chi connectivity index (χ1n) is 6.35. The minimum atomic E-state index is -3.16. The second-order valence-corrected chi connectivity index (χ2v) is 7.16. The van der Waals surface area contributed by atoms with Gasteiger partial charge in [-0.25, -0.2) is 18.0 Å². The molecule has 3 amide bonds. The van der Waals surface area contributed by atoms with Gasteiger partial charge in [-0.3, -0.25) is 10.1 Å². The smallest absolute Gasteiger partial charge is 0.331 e. The van der Waals surface area contributed by atoms with E-state index in [-0.39, 0.29) is 22.7 Å². The number of aliphatic carboxylic acids is 1. The summed E-state index contributed by atoms with van der Waals surface area (Å²) in [6.45, 7) is 2.54. The topological polar surface area (TPSA) is 130 Å². The van der Waals surface area contributed by atoms with Crippen molar-refractivity contribution >= 4 is 27.7 Å². The van der Waals surface area contributed by atoms with Crippen molar-refractivity contribution in [3.05, 3.63) is 11.1 Å². The molecule has 0 spiro atoms. The Morgan fingerprint density at radius 2 is 1.76 bits per heavy atom. The van der Waals surface area contributed by atoms with Crippen LogP contribution in [0, 0.1) is 0 Å². The van der Waals surface area contributed by atoms with Crippen molar-refractivity contribution in [3.8, 4) is 0 Å². The van der Waals surface area contributed by atoms with E-state index in [1.165, 1.54) is 13.8 Å². The van der Waals surface area contributed by atoms with Gasteiger partial charge in [0.05, 0.1) is 11.5 Å². The van der Waals surface area contributed by atoms with Crippen LogP contribution in [-0.4, -0.2) is 49.0 Å². The molecule has 3 N–H and O–H groups in total. The van der Waals surface area contributed by atoms with E-state index in [0.717, 1.165) is 0 Å². The Morgan fingerprint density at radius 1 is 1.14 bits per heavy atom. The van der Waals surface area contributed by atoms with E-state index in [9.17, 15) is 22.8 Å². The lowest BCUT2D eigenvalue weighted by molar-refractivity contribution is -0.133. The number of hydrogen-bond donors (Lipinski definition) is 3. The van der Waals surface area contributed by atoms with E-state index in [1.807, 2.05) is 5.32 Å². The highest BCUT2D eigenvalue weighted by Crippen LogP contribution is 2.11. The minimum Gasteiger partial charge on any atom is -0.478 e. The Hall–Kier alpha value is -1.90. The molecule has 1 rings (SSSR count). The van der Waals surface area contributed by atoms with E-state index in [0.29, 0.717) is 12.8 Å². The molecule has 118 valence electrons. The van der Waals surface area contributed by atoms with Gasteiger partial charge in [-0.15, -0.1) is 0 Å². The molecule has 0 aromatic carbocycles. The Bertz CT molecular complexity index is 593. The zero-order valence-electron chi connectivity index (χ0n) is 11.8. The number of imide groups is 1. The lowest BCUT2D eigenvalue weighted by atomic mass is 10.1. The monoisotopic (exact) mass is 318 g/mol. The summed E-state index contributed by atoms with van der Waals surface area (Å²) in [5.41, 5.74) is -0.255. The number of urea groups is 1. The molecule has 1 aliphatic heterocycles. The summed E-state index contributed by atoms with van der Waals surface area (Å²) in [7, 11) is -3.16. The first-order valence-corrected chi connectivity index (χ1v) is 8.17. The lowest BCUT2D eigenvalue weighted by Gasteiger charge is -2.22. The maximum Gasteiger partial charge on any atom is 0.331 e. The summed E-state index contributed by atoms with van der Waals surface area (Å²) in [4.78, 5) is 34.0. The quantitative estimate of drug-likeness (QED) is 0.618. The Balaban J connectivity index is 2.60. The van der Waals surface area contributed by atoms with Gasteiger partial charge in [0.1, 0.15) is 0 Å². The second kappa shape index (κ2) is 6.70. The molecule has 0 radical (unpaired) electrons. The Morgan fingerprint density at radius 3 is 2.29 bits per heavy atom. The lowest BCUT2D eigenvalue weighted by Crippen LogP contribution is -2.49. The van der Waals surface area contributed by atoms with Crippen molar-refractivity contribution in [2.24, 2.45) is 0 Å². The normalized spacial score (nSPS) is 21.9. The molecule has 21 heavy (non-hydrogen) atoms. The van der Waals surface area contributed by atoms with Gasteiger partial charge in [-0.05, 0) is 26.7 Å². The van der Waals surface area contributed by atoms with Crippen LogP contribution in [0.1, 0.15) is 26.7 Å². The van der Waals surface area contributed by atoms with Crippen LogP contribution < -0.4 is 10.6 Å². The predicted molar refractivity (Wildman–Crippen MR) is 74.4 cm³/mol. The van der Waals surface area contributed by atoms with Crippen molar-refractivity contribution in [3.63, 3.8) is 0 Å². The summed E-state index contributed by atoms with van der Waals surface area (Å²) in [5, 5.41) is 13.1. The number of carbonyl (C=O) groups is 3. The average Bonchev–Trinajstić information content (AvgIpc) is 2.35. The van der Waals surface area contributed by atoms with E-state index in [1.54, 1.807) is 0 Å². The fraction of sp³-hybridized carbons (Fsp3) is 0.583. The number of carboxylic acids is 1. The molecular formula is C12H18N2O6S. The van der Waals surface area contributed by atoms with Crippen molar-refractivity contribution < 1.29 is 27.9 Å². The maximum absolute atomic E-state index is 11.7. The summed E-state index contributed by atoms with van der Waals surface area (Å²) in [6.07, 6.45) is 0.974. The molecule has 1 aliphatic rings. The maximum atomic E-state index is 11.7. The van der Waals surface area contributed by atoms with Crippen molar-refractivity contribution in [1.82, 2.24) is 10.6 Å². The van der Waals surface area contributed by atoms with Crippen molar-refractivity contribution in [2.75, 3.05) is 11.5 Å². The number of nitrogens with one attached hydrogen (secondary N) is 2. The Labute approximate surface area is 122 Å². The summed E-state index contributed by atoms with van der Waals surface area (Å²) in [6, 6.07) is -1.37. The SMILES string of the molecule is CC(C(=O)O)=C(C)C(=O)NC(=O)NC1CCCS(=O)(=O)C1. The largest absolute Gasteiger partial charge is 0.478 e. The molecule has 1 fully saturated rings. The number of amides is 3. The van der Waals surface area contributed by atoms with E-state index < -0.39 is 33.8 Å². The van der Waals surface area contributed by atoms with Gasteiger partial charge in [0.2, 0.25) is 0 Å². The third kappa shape index (κ3) is 5.18. The van der Waals surface area contributed by atoms with Gasteiger partial charge < -0.3 is 10.4 Å². The van der Waals surface area contributed by atoms with Crippen LogP contribution in [0.4, 0.5) is 4.79 Å². The fourth-order valence-corrected chi connectivity index (χ4v) is 3.52. The highest BCUT2D eigenvalue weighted by molar-refractivity contribution is 7.91. The minimum absolute atomic E-state index is 0.0890. The molecule has 0 aromatic heterocycles. The van der Waals surface area contributed by atoms with Crippen molar-refractivity contribution in [2.45, 2.75) is 32.7 Å². The van der Waals surface area contributed by atoms with Crippen LogP contribution in [0.2, 0.25) is 0 Å². The molecule has 8 nitrogen and oxygen atoms in total. The third-order valence-corrected chi connectivity index (χ3v) is 5.07. The molecule has 0 bridgehead atoms. The van der Waals surface area contributed by atoms with Crippen LogP contribution in [0.15, 0.2) is 11.1 Å². The van der Waals surface area contributed by atoms with Crippen LogP contribution in [0.3, 0.4) is 0 Å². The Kier molecular flexibility index (Phi) is 5.47. The van der Waals surface area contributed by atoms with E-state index in [4.69, 9.17) is 5.11 Å². The molecular weight excluding hydrogens is 300 g/mol. The molecule has 0 aromatic rings. The highest BCUT2D eigenvalue weighted by Gasteiger charge is 2.26. The highest BCUT2D eigenvalue weighted by atomic mass is 32.2. The number of hydrogen-bond acceptors (Lipinski definition) is 5. The zero-order chi connectivity index (χ0) is 16.2. The van der Waals surface area contributed by atoms with Gasteiger partial charge in [0, 0.05) is 17.2 Å². The first kappa shape index (κ1) is 17.2. The number of rotatable bonds is 3. The molecule has 9 heteroatoms. The summed E-state index contributed by atoms with van der Waals surface area (Å²) >= 11 is 0. The van der Waals surface area contributed by atoms with Crippen LogP contribution in [0.5, 0.6) is 0 Å². The number of carboxylic acid groups (broad SMARTS) is 1. The second-order valence-electron chi connectivity index (χ2n) is 4.94. The van der Waals surface area contributed by atoms with Crippen LogP contribution >= 0.6 is 0 Å². The molecule has 1 heterocycles. The van der Waals surface area contributed by atoms with Gasteiger partial charge in [-0.2, -0.15) is 0 Å². The average molecular weight is 318 g/mol.